The molecule has 1 aromatic heterocycles. The first-order valence-electron chi connectivity index (χ1n) is 10.00. The molecule has 7 heteroatoms. The standard InChI is InChI=1S/C23H24N4O3/c1-30-21-8-3-2-7-20(21)26-23(29)18-9-11-19(12-10-18)27-15-16(14-25-27)13-24-22(28)17-5-4-6-17/h2-3,7-12,14-15,17H,4-6,13H2,1H3,(H,24,28)(H,26,29). The van der Waals surface area contributed by atoms with E-state index < -0.39 is 0 Å². The number of benzene rings is 2. The third-order valence-electron chi connectivity index (χ3n) is 5.33. The van der Waals surface area contributed by atoms with Crippen molar-refractivity contribution in [2.45, 2.75) is 25.8 Å². The van der Waals surface area contributed by atoms with Gasteiger partial charge in [-0.15, -0.1) is 0 Å². The molecule has 0 atom stereocenters. The molecule has 7 nitrogen and oxygen atoms in total. The molecule has 0 saturated heterocycles. The highest BCUT2D eigenvalue weighted by Crippen LogP contribution is 2.26. The number of anilines is 1. The van der Waals surface area contributed by atoms with Gasteiger partial charge in [-0.1, -0.05) is 18.6 Å². The maximum absolute atomic E-state index is 12.5. The molecule has 1 heterocycles. The molecule has 2 aromatic carbocycles. The molecule has 154 valence electrons. The first-order chi connectivity index (χ1) is 14.6. The van der Waals surface area contributed by atoms with Gasteiger partial charge in [-0.05, 0) is 49.2 Å². The highest BCUT2D eigenvalue weighted by atomic mass is 16.5. The first kappa shape index (κ1) is 19.7. The van der Waals surface area contributed by atoms with Crippen LogP contribution in [0.3, 0.4) is 0 Å². The molecule has 0 aliphatic heterocycles. The predicted octanol–water partition coefficient (Wildman–Crippen LogP) is 3.55. The Kier molecular flexibility index (Phi) is 5.79. The fourth-order valence-electron chi connectivity index (χ4n) is 3.30. The zero-order valence-corrected chi connectivity index (χ0v) is 16.8. The van der Waals surface area contributed by atoms with Gasteiger partial charge in [-0.3, -0.25) is 9.59 Å². The van der Waals surface area contributed by atoms with Crippen molar-refractivity contribution in [3.05, 3.63) is 72.1 Å². The lowest BCUT2D eigenvalue weighted by Gasteiger charge is -2.23. The van der Waals surface area contributed by atoms with Crippen molar-refractivity contribution >= 4 is 17.5 Å². The number of methoxy groups -OCH3 is 1. The molecule has 0 unspecified atom stereocenters. The minimum absolute atomic E-state index is 0.124. The highest BCUT2D eigenvalue weighted by molar-refractivity contribution is 6.05. The Morgan fingerprint density at radius 3 is 2.60 bits per heavy atom. The van der Waals surface area contributed by atoms with Crippen LogP contribution in [-0.4, -0.2) is 28.7 Å². The summed E-state index contributed by atoms with van der Waals surface area (Å²) in [5.74, 6) is 0.691. The normalized spacial score (nSPS) is 13.4. The fraction of sp³-hybridized carbons (Fsp3) is 0.261. The van der Waals surface area contributed by atoms with E-state index in [1.54, 1.807) is 42.3 Å². The summed E-state index contributed by atoms with van der Waals surface area (Å²) in [6, 6.07) is 14.4. The lowest BCUT2D eigenvalue weighted by molar-refractivity contribution is -0.127. The molecular weight excluding hydrogens is 380 g/mol. The zero-order chi connectivity index (χ0) is 20.9. The van der Waals surface area contributed by atoms with E-state index in [-0.39, 0.29) is 17.7 Å². The fourth-order valence-corrected chi connectivity index (χ4v) is 3.30. The van der Waals surface area contributed by atoms with Gasteiger partial charge >= 0.3 is 0 Å². The van der Waals surface area contributed by atoms with E-state index in [0.717, 1.165) is 30.5 Å². The van der Waals surface area contributed by atoms with Crippen LogP contribution in [0.1, 0.15) is 35.2 Å². The SMILES string of the molecule is COc1ccccc1NC(=O)c1ccc(-n2cc(CNC(=O)C3CCC3)cn2)cc1. The highest BCUT2D eigenvalue weighted by Gasteiger charge is 2.24. The van der Waals surface area contributed by atoms with Crippen LogP contribution in [0.25, 0.3) is 5.69 Å². The largest absolute Gasteiger partial charge is 0.495 e. The number of carbonyl (C=O) groups is 2. The molecule has 2 amide bonds. The third-order valence-corrected chi connectivity index (χ3v) is 5.33. The van der Waals surface area contributed by atoms with Gasteiger partial charge in [0.05, 0.1) is 24.7 Å². The number of ether oxygens (including phenoxy) is 1. The zero-order valence-electron chi connectivity index (χ0n) is 16.8. The number of para-hydroxylation sites is 2. The van der Waals surface area contributed by atoms with Crippen LogP contribution < -0.4 is 15.4 Å². The summed E-state index contributed by atoms with van der Waals surface area (Å²) in [5, 5.41) is 10.2. The Balaban J connectivity index is 1.38. The number of hydrogen-bond donors (Lipinski definition) is 2. The third kappa shape index (κ3) is 4.35. The average molecular weight is 404 g/mol. The van der Waals surface area contributed by atoms with Gasteiger partial charge in [0, 0.05) is 29.8 Å². The van der Waals surface area contributed by atoms with Crippen LogP contribution in [0.15, 0.2) is 60.9 Å². The quantitative estimate of drug-likeness (QED) is 0.631. The number of hydrogen-bond acceptors (Lipinski definition) is 4. The molecule has 2 N–H and O–H groups in total. The van der Waals surface area contributed by atoms with Crippen molar-refractivity contribution in [2.75, 3.05) is 12.4 Å². The van der Waals surface area contributed by atoms with Crippen LogP contribution in [-0.2, 0) is 11.3 Å². The number of rotatable bonds is 7. The van der Waals surface area contributed by atoms with Gasteiger partial charge in [-0.2, -0.15) is 5.10 Å². The molecule has 3 aromatic rings. The average Bonchev–Trinajstić information content (AvgIpc) is 3.20. The van der Waals surface area contributed by atoms with Crippen molar-refractivity contribution < 1.29 is 14.3 Å². The summed E-state index contributed by atoms with van der Waals surface area (Å²) in [4.78, 5) is 24.5. The Morgan fingerprint density at radius 1 is 1.13 bits per heavy atom. The summed E-state index contributed by atoms with van der Waals surface area (Å²) in [5.41, 5.74) is 2.92. The Bertz CT molecular complexity index is 1040. The van der Waals surface area contributed by atoms with Crippen LogP contribution in [0.2, 0.25) is 0 Å². The Hall–Kier alpha value is -3.61. The molecular formula is C23H24N4O3. The topological polar surface area (TPSA) is 85.2 Å². The predicted molar refractivity (Wildman–Crippen MR) is 114 cm³/mol. The molecule has 1 saturated carbocycles. The van der Waals surface area contributed by atoms with E-state index in [0.29, 0.717) is 23.5 Å². The van der Waals surface area contributed by atoms with E-state index in [1.165, 1.54) is 0 Å². The number of nitrogens with one attached hydrogen (secondary N) is 2. The summed E-state index contributed by atoms with van der Waals surface area (Å²) >= 11 is 0. The van der Waals surface area contributed by atoms with E-state index in [2.05, 4.69) is 15.7 Å². The minimum atomic E-state index is -0.217. The number of aromatic nitrogens is 2. The van der Waals surface area contributed by atoms with Crippen molar-refractivity contribution in [3.63, 3.8) is 0 Å². The monoisotopic (exact) mass is 404 g/mol. The van der Waals surface area contributed by atoms with Crippen molar-refractivity contribution in [1.82, 2.24) is 15.1 Å². The van der Waals surface area contributed by atoms with Crippen LogP contribution in [0.5, 0.6) is 5.75 Å². The molecule has 30 heavy (non-hydrogen) atoms. The molecule has 1 fully saturated rings. The molecule has 0 spiro atoms. The second-order valence-corrected chi connectivity index (χ2v) is 7.34. The lowest BCUT2D eigenvalue weighted by atomic mass is 9.85. The first-order valence-corrected chi connectivity index (χ1v) is 10.00. The van der Waals surface area contributed by atoms with Crippen LogP contribution in [0, 0.1) is 5.92 Å². The summed E-state index contributed by atoms with van der Waals surface area (Å²) < 4.78 is 6.99. The van der Waals surface area contributed by atoms with Crippen molar-refractivity contribution in [1.29, 1.82) is 0 Å². The van der Waals surface area contributed by atoms with E-state index in [9.17, 15) is 9.59 Å². The molecule has 0 bridgehead atoms. The Morgan fingerprint density at radius 2 is 1.90 bits per heavy atom. The van der Waals surface area contributed by atoms with Gasteiger partial charge in [-0.25, -0.2) is 4.68 Å². The van der Waals surface area contributed by atoms with Crippen molar-refractivity contribution in [2.24, 2.45) is 5.92 Å². The molecule has 1 aliphatic rings. The summed E-state index contributed by atoms with van der Waals surface area (Å²) in [6.45, 7) is 0.467. The van der Waals surface area contributed by atoms with Gasteiger partial charge in [0.25, 0.3) is 5.91 Å². The van der Waals surface area contributed by atoms with Crippen LogP contribution in [0.4, 0.5) is 5.69 Å². The summed E-state index contributed by atoms with van der Waals surface area (Å²) in [6.07, 6.45) is 6.74. The van der Waals surface area contributed by atoms with Crippen LogP contribution >= 0.6 is 0 Å². The van der Waals surface area contributed by atoms with E-state index in [1.807, 2.05) is 30.5 Å². The second kappa shape index (κ2) is 8.82. The smallest absolute Gasteiger partial charge is 0.255 e. The minimum Gasteiger partial charge on any atom is -0.495 e. The van der Waals surface area contributed by atoms with Gasteiger partial charge in [0.1, 0.15) is 5.75 Å². The number of nitrogens with zero attached hydrogens (tertiary/aromatic N) is 2. The molecule has 4 rings (SSSR count). The lowest BCUT2D eigenvalue weighted by Crippen LogP contribution is -2.33. The van der Waals surface area contributed by atoms with Gasteiger partial charge in [0.2, 0.25) is 5.91 Å². The maximum atomic E-state index is 12.5. The van der Waals surface area contributed by atoms with Gasteiger partial charge in [0.15, 0.2) is 0 Å². The molecule has 0 radical (unpaired) electrons. The second-order valence-electron chi connectivity index (χ2n) is 7.34. The summed E-state index contributed by atoms with van der Waals surface area (Å²) in [7, 11) is 1.57. The van der Waals surface area contributed by atoms with E-state index >= 15 is 0 Å². The number of amides is 2. The van der Waals surface area contributed by atoms with E-state index in [4.69, 9.17) is 4.74 Å². The van der Waals surface area contributed by atoms with Crippen molar-refractivity contribution in [3.8, 4) is 11.4 Å². The number of carbonyl (C=O) groups excluding carboxylic acids is 2. The maximum Gasteiger partial charge on any atom is 0.255 e. The molecule has 1 aliphatic carbocycles. The van der Waals surface area contributed by atoms with Gasteiger partial charge < -0.3 is 15.4 Å². The Labute approximate surface area is 175 Å².